The molecule has 1 nitrogen and oxygen atoms in total. The average molecular weight is 269 g/mol. The molecule has 1 aromatic carbocycles. The van der Waals surface area contributed by atoms with E-state index in [2.05, 4.69) is 67.3 Å². The third-order valence-corrected chi connectivity index (χ3v) is 5.10. The molecule has 0 aromatic heterocycles. The molecule has 1 aromatic rings. The predicted molar refractivity (Wildman–Crippen MR) is 89.8 cm³/mol. The first-order chi connectivity index (χ1) is 9.20. The van der Waals surface area contributed by atoms with E-state index in [4.69, 9.17) is 0 Å². The summed E-state index contributed by atoms with van der Waals surface area (Å²) in [6.45, 7) is 18.0. The Hall–Kier alpha value is -1.50. The summed E-state index contributed by atoms with van der Waals surface area (Å²) in [5.74, 6) is 0. The fourth-order valence-electron chi connectivity index (χ4n) is 3.68. The van der Waals surface area contributed by atoms with Crippen molar-refractivity contribution in [3.63, 3.8) is 0 Å². The largest absolute Gasteiger partial charge is 0.351 e. The van der Waals surface area contributed by atoms with E-state index >= 15 is 0 Å². The lowest BCUT2D eigenvalue weighted by Gasteiger charge is -2.31. The zero-order valence-electron chi connectivity index (χ0n) is 14.4. The molecule has 20 heavy (non-hydrogen) atoms. The molecule has 0 saturated heterocycles. The van der Waals surface area contributed by atoms with Crippen molar-refractivity contribution < 1.29 is 0 Å². The maximum atomic E-state index is 2.33. The molecule has 108 valence electrons. The molecule has 0 fully saturated rings. The van der Waals surface area contributed by atoms with Gasteiger partial charge >= 0.3 is 0 Å². The van der Waals surface area contributed by atoms with Crippen LogP contribution in [0, 0.1) is 20.8 Å². The predicted octanol–water partition coefficient (Wildman–Crippen LogP) is 3.63. The Kier molecular flexibility index (Phi) is 3.58. The van der Waals surface area contributed by atoms with E-state index in [0.717, 1.165) is 0 Å². The summed E-state index contributed by atoms with van der Waals surface area (Å²) in [7, 11) is 2.17. The molecule has 0 atom stereocenters. The molecule has 0 bridgehead atoms. The summed E-state index contributed by atoms with van der Waals surface area (Å²) in [5.41, 5.74) is 11.3. The molecule has 1 aliphatic rings. The number of hydrogen-bond donors (Lipinski definition) is 0. The van der Waals surface area contributed by atoms with Crippen molar-refractivity contribution in [1.29, 1.82) is 0 Å². The minimum Gasteiger partial charge on any atom is -0.351 e. The van der Waals surface area contributed by atoms with Crippen LogP contribution < -0.4 is 10.4 Å². The highest BCUT2D eigenvalue weighted by Crippen LogP contribution is 2.27. The van der Waals surface area contributed by atoms with E-state index in [1.165, 1.54) is 55.2 Å². The van der Waals surface area contributed by atoms with Gasteiger partial charge in [-0.1, -0.05) is 5.57 Å². The fraction of sp³-hybridized carbons (Fsp3) is 0.474. The second-order valence-corrected chi connectivity index (χ2v) is 6.35. The van der Waals surface area contributed by atoms with E-state index in [-0.39, 0.29) is 0 Å². The van der Waals surface area contributed by atoms with Crippen molar-refractivity contribution in [3.05, 3.63) is 38.4 Å². The van der Waals surface area contributed by atoms with Gasteiger partial charge < -0.3 is 4.90 Å². The third-order valence-electron chi connectivity index (χ3n) is 5.10. The van der Waals surface area contributed by atoms with Gasteiger partial charge in [0, 0.05) is 23.7 Å². The molecule has 0 aliphatic carbocycles. The van der Waals surface area contributed by atoms with E-state index in [1.54, 1.807) is 0 Å². The van der Waals surface area contributed by atoms with Gasteiger partial charge in [-0.05, 0) is 88.4 Å². The Bertz CT molecular complexity index is 741. The highest BCUT2D eigenvalue weighted by Gasteiger charge is 2.21. The van der Waals surface area contributed by atoms with Crippen LogP contribution in [0.2, 0.25) is 0 Å². The lowest BCUT2D eigenvalue weighted by molar-refractivity contribution is 0.582. The second-order valence-electron chi connectivity index (χ2n) is 6.35. The third kappa shape index (κ3) is 1.83. The fourth-order valence-corrected chi connectivity index (χ4v) is 3.68. The van der Waals surface area contributed by atoms with Crippen molar-refractivity contribution in [3.8, 4) is 0 Å². The van der Waals surface area contributed by atoms with Crippen molar-refractivity contribution in [2.24, 2.45) is 0 Å². The van der Waals surface area contributed by atoms with Crippen molar-refractivity contribution in [2.45, 2.75) is 55.4 Å². The number of fused-ring (bicyclic) bond motifs is 1. The lowest BCUT2D eigenvalue weighted by Crippen LogP contribution is -2.35. The van der Waals surface area contributed by atoms with Crippen LogP contribution in [-0.2, 0) is 0 Å². The summed E-state index contributed by atoms with van der Waals surface area (Å²) in [5, 5.41) is 2.89. The van der Waals surface area contributed by atoms with Crippen LogP contribution >= 0.6 is 0 Å². The van der Waals surface area contributed by atoms with Gasteiger partial charge in [0.1, 0.15) is 0 Å². The van der Waals surface area contributed by atoms with E-state index < -0.39 is 0 Å². The Morgan fingerprint density at radius 2 is 1.30 bits per heavy atom. The number of rotatable bonds is 0. The van der Waals surface area contributed by atoms with E-state index in [0.29, 0.717) is 0 Å². The molecule has 1 heterocycles. The zero-order chi connectivity index (χ0) is 15.4. The molecule has 0 radical (unpaired) electrons. The van der Waals surface area contributed by atoms with Gasteiger partial charge in [0.25, 0.3) is 0 Å². The Balaban J connectivity index is 3.20. The normalized spacial score (nSPS) is 14.8. The summed E-state index contributed by atoms with van der Waals surface area (Å²) >= 11 is 0. The zero-order valence-corrected chi connectivity index (χ0v) is 14.4. The van der Waals surface area contributed by atoms with Crippen LogP contribution in [0.25, 0.3) is 16.8 Å². The maximum Gasteiger partial charge on any atom is 0.0224 e. The molecule has 1 heteroatoms. The molecular formula is C19H27N. The van der Waals surface area contributed by atoms with Gasteiger partial charge in [-0.2, -0.15) is 0 Å². The summed E-state index contributed by atoms with van der Waals surface area (Å²) in [6, 6.07) is 0. The number of allylic oxidation sites excluding steroid dienone is 2. The second kappa shape index (κ2) is 4.80. The van der Waals surface area contributed by atoms with Gasteiger partial charge in [0.15, 0.2) is 0 Å². The highest BCUT2D eigenvalue weighted by atomic mass is 15.1. The lowest BCUT2D eigenvalue weighted by atomic mass is 9.86. The summed E-state index contributed by atoms with van der Waals surface area (Å²) in [4.78, 5) is 2.33. The maximum absolute atomic E-state index is 2.33. The molecule has 0 spiro atoms. The van der Waals surface area contributed by atoms with E-state index in [9.17, 15) is 0 Å². The van der Waals surface area contributed by atoms with Gasteiger partial charge in [0.05, 0.1) is 0 Å². The van der Waals surface area contributed by atoms with Crippen molar-refractivity contribution >= 4 is 16.8 Å². The van der Waals surface area contributed by atoms with Crippen LogP contribution in [0.1, 0.15) is 56.9 Å². The molecule has 2 rings (SSSR count). The first-order valence-electron chi connectivity index (χ1n) is 7.39. The van der Waals surface area contributed by atoms with Gasteiger partial charge in [-0.3, -0.25) is 0 Å². The molecule has 0 amide bonds. The van der Waals surface area contributed by atoms with Crippen LogP contribution in [0.4, 0.5) is 0 Å². The first kappa shape index (κ1) is 14.9. The molecule has 0 saturated carbocycles. The van der Waals surface area contributed by atoms with Gasteiger partial charge in [-0.15, -0.1) is 0 Å². The molecule has 0 unspecified atom stereocenters. The van der Waals surface area contributed by atoms with Crippen LogP contribution in [0.5, 0.6) is 0 Å². The summed E-state index contributed by atoms with van der Waals surface area (Å²) < 4.78 is 0. The number of hydrogen-bond acceptors (Lipinski definition) is 1. The standard InChI is InChI=1S/C19H27N/c1-10(2)17-11(3)12(4)19-16(8)20(9)15(7)13(5)18(19)14(17)6/h1-9H3. The van der Waals surface area contributed by atoms with Gasteiger partial charge in [-0.25, -0.2) is 0 Å². The molecular weight excluding hydrogens is 242 g/mol. The minimum atomic E-state index is 1.36. The highest BCUT2D eigenvalue weighted by molar-refractivity contribution is 5.77. The van der Waals surface area contributed by atoms with Gasteiger partial charge in [0.2, 0.25) is 0 Å². The smallest absolute Gasteiger partial charge is 0.0224 e. The van der Waals surface area contributed by atoms with Crippen LogP contribution in [0.15, 0.2) is 5.70 Å². The minimum absolute atomic E-state index is 1.36. The molecule has 1 aliphatic heterocycles. The van der Waals surface area contributed by atoms with Crippen molar-refractivity contribution in [2.75, 3.05) is 7.05 Å². The Morgan fingerprint density at radius 1 is 0.750 bits per heavy atom. The number of benzene rings is 1. The Labute approximate surface area is 123 Å². The topological polar surface area (TPSA) is 3.24 Å². The quantitative estimate of drug-likeness (QED) is 0.695. The van der Waals surface area contributed by atoms with E-state index in [1.807, 2.05) is 0 Å². The van der Waals surface area contributed by atoms with Crippen molar-refractivity contribution in [1.82, 2.24) is 4.90 Å². The molecule has 0 N–H and O–H groups in total. The Morgan fingerprint density at radius 3 is 1.80 bits per heavy atom. The van der Waals surface area contributed by atoms with Crippen LogP contribution in [-0.4, -0.2) is 11.9 Å². The number of nitrogens with zero attached hydrogens (tertiary/aromatic N) is 1. The first-order valence-corrected chi connectivity index (χ1v) is 7.39. The SMILES string of the molecule is CC1=C(C)N(C)C(C)=c2c(C)c(C)c(=C(C)C)c(C)c21. The average Bonchev–Trinajstić information content (AvgIpc) is 2.37. The van der Waals surface area contributed by atoms with Crippen LogP contribution in [0.3, 0.4) is 0 Å². The monoisotopic (exact) mass is 269 g/mol. The summed E-state index contributed by atoms with van der Waals surface area (Å²) in [6.07, 6.45) is 0.